The second kappa shape index (κ2) is 13.1. The molecule has 0 fully saturated rings. The second-order valence-electron chi connectivity index (χ2n) is 15.8. The Kier molecular flexibility index (Phi) is 7.53. The number of nitrogens with zero attached hydrogens (tertiary/aromatic N) is 4. The largest absolute Gasteiger partial charge is 0.311 e. The van der Waals surface area contributed by atoms with Gasteiger partial charge in [-0.05, 0) is 93.4 Å². The maximum absolute atomic E-state index is 5.04. The lowest BCUT2D eigenvalue weighted by molar-refractivity contribution is 1.24. The quantitative estimate of drug-likeness (QED) is 0.158. The van der Waals surface area contributed by atoms with Gasteiger partial charge in [-0.25, -0.2) is 0 Å². The van der Waals surface area contributed by atoms with Crippen molar-refractivity contribution in [2.45, 2.75) is 6.55 Å². The van der Waals surface area contributed by atoms with Crippen LogP contribution in [0.4, 0.5) is 34.1 Å². The molecule has 9 aromatic rings. The number of pyridine rings is 2. The van der Waals surface area contributed by atoms with Crippen molar-refractivity contribution in [1.82, 2.24) is 9.97 Å². The molecule has 3 aliphatic heterocycles. The van der Waals surface area contributed by atoms with Gasteiger partial charge in [-0.2, -0.15) is 0 Å². The minimum Gasteiger partial charge on any atom is -0.311 e. The van der Waals surface area contributed by atoms with Crippen LogP contribution in [0.3, 0.4) is 0 Å². The predicted molar refractivity (Wildman–Crippen MR) is 249 cm³/mol. The lowest BCUT2D eigenvalue weighted by atomic mass is 9.33. The minimum absolute atomic E-state index is 0.0593. The minimum atomic E-state index is -2.57. The normalized spacial score (nSPS) is 15.5. The van der Waals surface area contributed by atoms with Crippen LogP contribution in [0.15, 0.2) is 207 Å². The van der Waals surface area contributed by atoms with Gasteiger partial charge < -0.3 is 9.80 Å². The summed E-state index contributed by atoms with van der Waals surface area (Å²) in [5, 5.41) is 4.37. The number of anilines is 6. The average Bonchev–Trinajstić information content (AvgIpc) is 3.31. The molecular weight excluding hydrogens is 732 g/mol. The van der Waals surface area contributed by atoms with Crippen LogP contribution in [-0.4, -0.2) is 24.8 Å². The molecule has 59 heavy (non-hydrogen) atoms. The van der Waals surface area contributed by atoms with Crippen LogP contribution < -0.4 is 41.7 Å². The highest BCUT2D eigenvalue weighted by Gasteiger charge is 2.53. The topological polar surface area (TPSA) is 32.3 Å². The third-order valence-corrected chi connectivity index (χ3v) is 17.4. The summed E-state index contributed by atoms with van der Waals surface area (Å²) in [5.41, 5.74) is 17.7. The number of rotatable bonds is 6. The molecule has 0 saturated carbocycles. The highest BCUT2D eigenvalue weighted by atomic mass is 28.3. The van der Waals surface area contributed by atoms with Crippen LogP contribution in [0.1, 0.15) is 0 Å². The third-order valence-electron chi connectivity index (χ3n) is 12.9. The Hall–Kier alpha value is -7.28. The van der Waals surface area contributed by atoms with E-state index >= 15 is 0 Å². The Morgan fingerprint density at radius 2 is 0.881 bits per heavy atom. The number of para-hydroxylation sites is 2. The fourth-order valence-electron chi connectivity index (χ4n) is 10.3. The van der Waals surface area contributed by atoms with E-state index < -0.39 is 8.07 Å². The first-order valence-corrected chi connectivity index (χ1v) is 22.9. The summed E-state index contributed by atoms with van der Waals surface area (Å²) in [7, 11) is -2.57. The zero-order valence-electron chi connectivity index (χ0n) is 32.5. The Bertz CT molecular complexity index is 3100. The molecule has 2 aromatic heterocycles. The van der Waals surface area contributed by atoms with Crippen LogP contribution in [0.25, 0.3) is 33.6 Å². The van der Waals surface area contributed by atoms with Crippen LogP contribution in [-0.2, 0) is 0 Å². The molecule has 0 radical (unpaired) electrons. The third kappa shape index (κ3) is 4.90. The van der Waals surface area contributed by atoms with Gasteiger partial charge in [-0.1, -0.05) is 150 Å². The van der Waals surface area contributed by atoms with Gasteiger partial charge in [0.1, 0.15) is 8.07 Å². The molecule has 5 heterocycles. The van der Waals surface area contributed by atoms with E-state index in [9.17, 15) is 0 Å². The molecule has 12 rings (SSSR count). The lowest BCUT2D eigenvalue weighted by Gasteiger charge is -2.50. The summed E-state index contributed by atoms with van der Waals surface area (Å²) in [4.78, 5) is 15.0. The van der Waals surface area contributed by atoms with E-state index in [0.717, 1.165) is 39.5 Å². The summed E-state index contributed by atoms with van der Waals surface area (Å²) in [6.07, 6.45) is 3.84. The molecule has 4 nitrogen and oxygen atoms in total. The van der Waals surface area contributed by atoms with Gasteiger partial charge in [0, 0.05) is 46.3 Å². The van der Waals surface area contributed by atoms with Gasteiger partial charge in [0.15, 0.2) is 0 Å². The van der Waals surface area contributed by atoms with E-state index in [4.69, 9.17) is 9.97 Å². The highest BCUT2D eigenvalue weighted by Crippen LogP contribution is 2.48. The molecule has 0 aliphatic carbocycles. The van der Waals surface area contributed by atoms with Crippen molar-refractivity contribution < 1.29 is 0 Å². The number of hydrogen-bond donors (Lipinski definition) is 0. The molecule has 7 aromatic carbocycles. The number of hydrogen-bond acceptors (Lipinski definition) is 4. The van der Waals surface area contributed by atoms with E-state index in [-0.39, 0.29) is 6.71 Å². The van der Waals surface area contributed by atoms with Gasteiger partial charge in [-0.15, -0.1) is 0 Å². The van der Waals surface area contributed by atoms with Crippen LogP contribution in [0.2, 0.25) is 6.55 Å². The smallest absolute Gasteiger partial charge is 0.251 e. The molecule has 0 bridgehead atoms. The van der Waals surface area contributed by atoms with Gasteiger partial charge in [-0.3, -0.25) is 9.97 Å². The predicted octanol–water partition coefficient (Wildman–Crippen LogP) is 8.97. The lowest BCUT2D eigenvalue weighted by Crippen LogP contribution is -2.83. The molecule has 0 amide bonds. The van der Waals surface area contributed by atoms with Gasteiger partial charge in [0.25, 0.3) is 6.71 Å². The first-order valence-electron chi connectivity index (χ1n) is 20.4. The van der Waals surface area contributed by atoms with Crippen molar-refractivity contribution >= 4 is 80.9 Å². The first kappa shape index (κ1) is 33.8. The molecule has 6 heteroatoms. The standard InChI is InChI=1S/C53H37BN4Si/c1-59(38-19-6-3-7-20-38)49-30-15-28-47-52(49)54-51-45(57(47)43-24-10-8-21-39(43)41-23-12-13-33-55-41)26-14-27-46(51)58(48-29-16-31-50(59)53(48)54)44-25-11-9-22-40(44)42-35-37(32-34-56-42)36-17-4-2-5-18-36/h2-35H,1H3. The summed E-state index contributed by atoms with van der Waals surface area (Å²) >= 11 is 0. The summed E-state index contributed by atoms with van der Waals surface area (Å²) in [5.74, 6) is 0. The van der Waals surface area contributed by atoms with Crippen molar-refractivity contribution in [1.29, 1.82) is 0 Å². The maximum atomic E-state index is 5.04. The molecule has 0 saturated heterocycles. The van der Waals surface area contributed by atoms with E-state index in [2.05, 4.69) is 204 Å². The monoisotopic (exact) mass is 768 g/mol. The Labute approximate surface area is 345 Å². The van der Waals surface area contributed by atoms with E-state index in [1.54, 1.807) is 0 Å². The van der Waals surface area contributed by atoms with Crippen LogP contribution in [0.5, 0.6) is 0 Å². The Morgan fingerprint density at radius 1 is 0.390 bits per heavy atom. The first-order chi connectivity index (χ1) is 29.2. The van der Waals surface area contributed by atoms with E-state index in [1.807, 2.05) is 18.5 Å². The van der Waals surface area contributed by atoms with Crippen molar-refractivity contribution in [3.63, 3.8) is 0 Å². The fraction of sp³-hybridized carbons (Fsp3) is 0.0189. The van der Waals surface area contributed by atoms with Crippen molar-refractivity contribution in [3.8, 4) is 33.6 Å². The van der Waals surface area contributed by atoms with Gasteiger partial charge in [0.05, 0.1) is 22.8 Å². The molecule has 3 aliphatic rings. The fourth-order valence-corrected chi connectivity index (χ4v) is 14.6. The molecule has 1 atom stereocenters. The number of benzene rings is 7. The Balaban J connectivity index is 1.17. The summed E-state index contributed by atoms with van der Waals surface area (Å²) in [6, 6.07) is 71.1. The van der Waals surface area contributed by atoms with Crippen LogP contribution >= 0.6 is 0 Å². The molecule has 276 valence electrons. The average molecular weight is 769 g/mol. The van der Waals surface area contributed by atoms with Crippen LogP contribution in [0, 0.1) is 0 Å². The highest BCUT2D eigenvalue weighted by molar-refractivity contribution is 7.21. The number of aromatic nitrogens is 2. The summed E-state index contributed by atoms with van der Waals surface area (Å²) in [6.45, 7) is 2.63. The zero-order chi connectivity index (χ0) is 39.1. The Morgan fingerprint density at radius 3 is 1.49 bits per heavy atom. The van der Waals surface area contributed by atoms with Crippen molar-refractivity contribution in [2.24, 2.45) is 0 Å². The summed E-state index contributed by atoms with van der Waals surface area (Å²) < 4.78 is 0. The molecule has 0 N–H and O–H groups in total. The molecule has 0 spiro atoms. The van der Waals surface area contributed by atoms with Crippen molar-refractivity contribution in [2.75, 3.05) is 9.80 Å². The van der Waals surface area contributed by atoms with Gasteiger partial charge >= 0.3 is 0 Å². The van der Waals surface area contributed by atoms with E-state index in [1.165, 1.54) is 60.3 Å². The van der Waals surface area contributed by atoms with E-state index in [0.29, 0.717) is 0 Å². The molecule has 1 unspecified atom stereocenters. The second-order valence-corrected chi connectivity index (χ2v) is 19.7. The molecular formula is C53H37BN4Si. The van der Waals surface area contributed by atoms with Crippen molar-refractivity contribution in [3.05, 3.63) is 207 Å². The van der Waals surface area contributed by atoms with Gasteiger partial charge in [0.2, 0.25) is 0 Å². The maximum Gasteiger partial charge on any atom is 0.251 e. The zero-order valence-corrected chi connectivity index (χ0v) is 33.5. The SMILES string of the molecule is C[Si]1(c2ccccc2)c2cccc3c2B2c4c(cccc4N(c4ccccc4-c4cc(-c5ccccc5)ccn4)c4cccc1c42)N3c1ccccc1-c1ccccn1.